The number of hydrogen-bond acceptors (Lipinski definition) is 3. The zero-order valence-corrected chi connectivity index (χ0v) is 22.4. The van der Waals surface area contributed by atoms with Crippen LogP contribution in [0.3, 0.4) is 0 Å². The highest BCUT2D eigenvalue weighted by Gasteiger charge is 2.13. The molecule has 0 heterocycles. The predicted octanol–water partition coefficient (Wildman–Crippen LogP) is 4.09. The molecule has 2 rings (SSSR count). The second-order valence-corrected chi connectivity index (χ2v) is 8.70. The van der Waals surface area contributed by atoms with Crippen LogP contribution in [-0.4, -0.2) is 57.6 Å². The second-order valence-electron chi connectivity index (χ2n) is 8.70. The first-order chi connectivity index (χ1) is 14.7. The summed E-state index contributed by atoms with van der Waals surface area (Å²) >= 11 is 0. The monoisotopic (exact) mass is 552 g/mol. The first-order valence-corrected chi connectivity index (χ1v) is 10.7. The summed E-state index contributed by atoms with van der Waals surface area (Å²) in [6.07, 6.45) is 0.797. The number of rotatable bonds is 8. The fourth-order valence-corrected chi connectivity index (χ4v) is 3.05. The van der Waals surface area contributed by atoms with E-state index in [4.69, 9.17) is 4.74 Å². The van der Waals surface area contributed by atoms with Gasteiger partial charge in [0.05, 0.1) is 6.54 Å². The number of aliphatic imine (C=N–C) groups is 1. The largest absolute Gasteiger partial charge is 0.492 e. The molecule has 0 radical (unpaired) electrons. The zero-order valence-electron chi connectivity index (χ0n) is 20.1. The van der Waals surface area contributed by atoms with Crippen LogP contribution in [0.4, 0.5) is 0 Å². The van der Waals surface area contributed by atoms with Gasteiger partial charge in [-0.05, 0) is 47.2 Å². The number of benzene rings is 2. The van der Waals surface area contributed by atoms with Gasteiger partial charge in [-0.25, -0.2) is 0 Å². The number of ether oxygens (including phenoxy) is 1. The molecule has 0 spiro atoms. The van der Waals surface area contributed by atoms with Crippen molar-refractivity contribution in [2.45, 2.75) is 32.6 Å². The Morgan fingerprint density at radius 1 is 1.03 bits per heavy atom. The van der Waals surface area contributed by atoms with Gasteiger partial charge in [0.15, 0.2) is 5.96 Å². The molecule has 2 N–H and O–H groups in total. The Bertz CT molecular complexity index is 874. The van der Waals surface area contributed by atoms with Crippen molar-refractivity contribution in [3.63, 3.8) is 0 Å². The van der Waals surface area contributed by atoms with E-state index in [1.54, 1.807) is 26.0 Å². The average Bonchev–Trinajstić information content (AvgIpc) is 2.74. The van der Waals surface area contributed by atoms with Gasteiger partial charge < -0.3 is 20.3 Å². The maximum atomic E-state index is 12.1. The molecule has 0 fully saturated rings. The van der Waals surface area contributed by atoms with Crippen LogP contribution >= 0.6 is 24.0 Å². The fourth-order valence-electron chi connectivity index (χ4n) is 3.05. The summed E-state index contributed by atoms with van der Waals surface area (Å²) in [4.78, 5) is 17.9. The SMILES string of the molecule is CN=C(NCCOc1ccc(C(C)(C)C)cc1)NCCc1cccc(C(=O)N(C)C)c1.I. The van der Waals surface area contributed by atoms with Gasteiger partial charge in [0.1, 0.15) is 12.4 Å². The molecule has 0 aromatic heterocycles. The lowest BCUT2D eigenvalue weighted by atomic mass is 9.87. The van der Waals surface area contributed by atoms with Gasteiger partial charge in [0.25, 0.3) is 5.91 Å². The summed E-state index contributed by atoms with van der Waals surface area (Å²) in [5.41, 5.74) is 3.25. The molecule has 2 aromatic rings. The molecular weight excluding hydrogens is 515 g/mol. The van der Waals surface area contributed by atoms with Gasteiger partial charge in [0, 0.05) is 33.3 Å². The highest BCUT2D eigenvalue weighted by Crippen LogP contribution is 2.24. The van der Waals surface area contributed by atoms with Crippen molar-refractivity contribution in [3.8, 4) is 5.75 Å². The summed E-state index contributed by atoms with van der Waals surface area (Å²) in [5.74, 6) is 1.61. The summed E-state index contributed by atoms with van der Waals surface area (Å²) in [7, 11) is 5.27. The van der Waals surface area contributed by atoms with Crippen molar-refractivity contribution in [2.24, 2.45) is 4.99 Å². The van der Waals surface area contributed by atoms with Gasteiger partial charge >= 0.3 is 0 Å². The van der Waals surface area contributed by atoms with E-state index in [1.165, 1.54) is 5.56 Å². The Kier molecular flexibility index (Phi) is 11.5. The topological polar surface area (TPSA) is 66.0 Å². The maximum Gasteiger partial charge on any atom is 0.253 e. The molecule has 7 heteroatoms. The van der Waals surface area contributed by atoms with E-state index in [1.807, 2.05) is 36.4 Å². The quantitative estimate of drug-likeness (QED) is 0.224. The van der Waals surface area contributed by atoms with Crippen molar-refractivity contribution < 1.29 is 9.53 Å². The van der Waals surface area contributed by atoms with Crippen molar-refractivity contribution in [1.82, 2.24) is 15.5 Å². The van der Waals surface area contributed by atoms with Gasteiger partial charge in [-0.15, -0.1) is 24.0 Å². The number of carbonyl (C=O) groups is 1. The normalized spacial score (nSPS) is 11.4. The maximum absolute atomic E-state index is 12.1. The van der Waals surface area contributed by atoms with E-state index in [2.05, 4.69) is 48.5 Å². The van der Waals surface area contributed by atoms with Crippen LogP contribution in [0.5, 0.6) is 5.75 Å². The van der Waals surface area contributed by atoms with E-state index in [0.29, 0.717) is 25.3 Å². The minimum absolute atomic E-state index is 0. The summed E-state index contributed by atoms with van der Waals surface area (Å²) < 4.78 is 5.82. The Morgan fingerprint density at radius 3 is 2.28 bits per heavy atom. The fraction of sp³-hybridized carbons (Fsp3) is 0.440. The molecule has 0 saturated carbocycles. The van der Waals surface area contributed by atoms with Gasteiger partial charge in [0.2, 0.25) is 0 Å². The van der Waals surface area contributed by atoms with Crippen LogP contribution in [0.15, 0.2) is 53.5 Å². The molecule has 6 nitrogen and oxygen atoms in total. The molecule has 0 aliphatic rings. The lowest BCUT2D eigenvalue weighted by Crippen LogP contribution is -2.40. The summed E-state index contributed by atoms with van der Waals surface area (Å²) in [5, 5.41) is 6.56. The molecule has 0 aliphatic carbocycles. The smallest absolute Gasteiger partial charge is 0.253 e. The van der Waals surface area contributed by atoms with E-state index in [0.717, 1.165) is 23.7 Å². The average molecular weight is 553 g/mol. The molecule has 0 atom stereocenters. The Labute approximate surface area is 209 Å². The first kappa shape index (κ1) is 27.7. The molecule has 176 valence electrons. The zero-order chi connectivity index (χ0) is 22.9. The molecule has 32 heavy (non-hydrogen) atoms. The molecule has 0 bridgehead atoms. The number of nitrogens with one attached hydrogen (secondary N) is 2. The van der Waals surface area contributed by atoms with Crippen molar-refractivity contribution >= 4 is 35.8 Å². The predicted molar refractivity (Wildman–Crippen MR) is 144 cm³/mol. The number of halogens is 1. The van der Waals surface area contributed by atoms with Gasteiger partial charge in [-0.3, -0.25) is 9.79 Å². The third-order valence-electron chi connectivity index (χ3n) is 4.89. The van der Waals surface area contributed by atoms with E-state index < -0.39 is 0 Å². The number of hydrogen-bond donors (Lipinski definition) is 2. The number of guanidine groups is 1. The second kappa shape index (κ2) is 13.3. The van der Waals surface area contributed by atoms with Crippen molar-refractivity contribution in [3.05, 3.63) is 65.2 Å². The lowest BCUT2D eigenvalue weighted by molar-refractivity contribution is 0.0827. The van der Waals surface area contributed by atoms with Crippen LogP contribution in [0.25, 0.3) is 0 Å². The van der Waals surface area contributed by atoms with Gasteiger partial charge in [-0.2, -0.15) is 0 Å². The van der Waals surface area contributed by atoms with E-state index >= 15 is 0 Å². The molecular formula is C25H37IN4O2. The highest BCUT2D eigenvalue weighted by molar-refractivity contribution is 14.0. The number of amides is 1. The van der Waals surface area contributed by atoms with Crippen LogP contribution in [0.1, 0.15) is 42.3 Å². The van der Waals surface area contributed by atoms with Crippen LogP contribution in [-0.2, 0) is 11.8 Å². The van der Waals surface area contributed by atoms with E-state index in [-0.39, 0.29) is 35.3 Å². The van der Waals surface area contributed by atoms with Gasteiger partial charge in [-0.1, -0.05) is 45.0 Å². The van der Waals surface area contributed by atoms with Crippen molar-refractivity contribution in [1.29, 1.82) is 0 Å². The Morgan fingerprint density at radius 2 is 1.69 bits per heavy atom. The third kappa shape index (κ3) is 9.06. The van der Waals surface area contributed by atoms with Crippen LogP contribution in [0, 0.1) is 0 Å². The van der Waals surface area contributed by atoms with Crippen LogP contribution in [0.2, 0.25) is 0 Å². The molecule has 0 unspecified atom stereocenters. The molecule has 0 saturated heterocycles. The minimum atomic E-state index is 0. The molecule has 0 aliphatic heterocycles. The third-order valence-corrected chi connectivity index (χ3v) is 4.89. The highest BCUT2D eigenvalue weighted by atomic mass is 127. The van der Waals surface area contributed by atoms with Crippen LogP contribution < -0.4 is 15.4 Å². The first-order valence-electron chi connectivity index (χ1n) is 10.7. The van der Waals surface area contributed by atoms with Crippen molar-refractivity contribution in [2.75, 3.05) is 40.8 Å². The lowest BCUT2D eigenvalue weighted by Gasteiger charge is -2.19. The molecule has 2 aromatic carbocycles. The minimum Gasteiger partial charge on any atom is -0.492 e. The standard InChI is InChI=1S/C25H36N4O2.HI/c1-25(2,3)21-10-12-22(13-11-21)31-17-16-28-24(26-4)27-15-14-19-8-7-9-20(18-19)23(30)29(5)6;/h7-13,18H,14-17H2,1-6H3,(H2,26,27,28);1H. The molecule has 1 amide bonds. The summed E-state index contributed by atoms with van der Waals surface area (Å²) in [6.45, 7) is 8.51. The summed E-state index contributed by atoms with van der Waals surface area (Å²) in [6, 6.07) is 16.0. The Balaban J connectivity index is 0.00000512. The number of carbonyl (C=O) groups excluding carboxylic acids is 1. The number of nitrogens with zero attached hydrogens (tertiary/aromatic N) is 2. The van der Waals surface area contributed by atoms with E-state index in [9.17, 15) is 4.79 Å². The Hall–Kier alpha value is -2.29.